The highest BCUT2D eigenvalue weighted by Crippen LogP contribution is 2.26. The molecule has 3 rings (SSSR count). The lowest BCUT2D eigenvalue weighted by Gasteiger charge is -2.17. The summed E-state index contributed by atoms with van der Waals surface area (Å²) in [7, 11) is -3.86. The van der Waals surface area contributed by atoms with E-state index in [0.29, 0.717) is 18.0 Å². The maximum absolute atomic E-state index is 14.4. The van der Waals surface area contributed by atoms with Crippen molar-refractivity contribution in [1.82, 2.24) is 4.72 Å². The number of sulfonamides is 1. The number of benzene rings is 2. The molecule has 162 valence electrons. The Morgan fingerprint density at radius 3 is 2.50 bits per heavy atom. The van der Waals surface area contributed by atoms with Gasteiger partial charge in [0.1, 0.15) is 11.6 Å². The quantitative estimate of drug-likeness (QED) is 0.630. The molecule has 0 heterocycles. The van der Waals surface area contributed by atoms with Crippen molar-refractivity contribution in [3.63, 3.8) is 0 Å². The number of hydrogen-bond acceptors (Lipinski definition) is 4. The van der Waals surface area contributed by atoms with Crippen molar-refractivity contribution in [2.75, 3.05) is 11.9 Å². The molecular weight excluding hydrogens is 407 g/mol. The van der Waals surface area contributed by atoms with Crippen molar-refractivity contribution in [1.29, 1.82) is 0 Å². The van der Waals surface area contributed by atoms with Crippen molar-refractivity contribution in [2.45, 2.75) is 56.4 Å². The van der Waals surface area contributed by atoms with Crippen LogP contribution in [0.5, 0.6) is 5.75 Å². The average molecular weight is 435 g/mol. The molecule has 6 nitrogen and oxygen atoms in total. The van der Waals surface area contributed by atoms with E-state index in [1.54, 1.807) is 24.3 Å². The first-order valence-electron chi connectivity index (χ1n) is 10.3. The van der Waals surface area contributed by atoms with Gasteiger partial charge in [0.15, 0.2) is 0 Å². The van der Waals surface area contributed by atoms with Gasteiger partial charge >= 0.3 is 0 Å². The second kappa shape index (κ2) is 10.0. The Morgan fingerprint density at radius 2 is 1.80 bits per heavy atom. The summed E-state index contributed by atoms with van der Waals surface area (Å²) in [6.07, 6.45) is 5.71. The van der Waals surface area contributed by atoms with Gasteiger partial charge in [-0.15, -0.1) is 0 Å². The number of amides is 1. The molecule has 0 unspecified atom stereocenters. The fourth-order valence-corrected chi connectivity index (χ4v) is 4.90. The van der Waals surface area contributed by atoms with E-state index in [4.69, 9.17) is 4.74 Å². The van der Waals surface area contributed by atoms with Crippen molar-refractivity contribution in [3.8, 4) is 5.75 Å². The van der Waals surface area contributed by atoms with Crippen molar-refractivity contribution >= 4 is 21.6 Å². The summed E-state index contributed by atoms with van der Waals surface area (Å²) < 4.78 is 48.2. The summed E-state index contributed by atoms with van der Waals surface area (Å²) in [5.74, 6) is -1.09. The Morgan fingerprint density at radius 1 is 1.10 bits per heavy atom. The van der Waals surface area contributed by atoms with Gasteiger partial charge in [0.2, 0.25) is 10.0 Å². The fourth-order valence-electron chi connectivity index (χ4n) is 3.57. The van der Waals surface area contributed by atoms with Crippen LogP contribution in [-0.4, -0.2) is 27.0 Å². The Hall–Kier alpha value is -2.45. The third-order valence-corrected chi connectivity index (χ3v) is 6.62. The molecule has 2 aromatic carbocycles. The zero-order valence-corrected chi connectivity index (χ0v) is 17.8. The van der Waals surface area contributed by atoms with Crippen LogP contribution in [0.15, 0.2) is 47.4 Å². The van der Waals surface area contributed by atoms with Crippen molar-refractivity contribution in [2.24, 2.45) is 0 Å². The van der Waals surface area contributed by atoms with Gasteiger partial charge in [-0.2, -0.15) is 0 Å². The number of hydrogen-bond donors (Lipinski definition) is 2. The number of carbonyl (C=O) groups is 1. The Balaban J connectivity index is 1.81. The van der Waals surface area contributed by atoms with Gasteiger partial charge in [0.25, 0.3) is 5.91 Å². The van der Waals surface area contributed by atoms with E-state index < -0.39 is 21.7 Å². The van der Waals surface area contributed by atoms with E-state index in [-0.39, 0.29) is 16.5 Å². The van der Waals surface area contributed by atoms with Crippen LogP contribution < -0.4 is 14.8 Å². The summed E-state index contributed by atoms with van der Waals surface area (Å²) in [4.78, 5) is 12.6. The smallest absolute Gasteiger partial charge is 0.258 e. The number of rotatable bonds is 7. The predicted molar refractivity (Wildman–Crippen MR) is 114 cm³/mol. The summed E-state index contributed by atoms with van der Waals surface area (Å²) in [5, 5.41) is 2.60. The molecule has 0 spiro atoms. The molecule has 2 aromatic rings. The molecule has 0 aliphatic heterocycles. The number of anilines is 1. The lowest BCUT2D eigenvalue weighted by atomic mass is 10.1. The first-order chi connectivity index (χ1) is 14.4. The maximum Gasteiger partial charge on any atom is 0.258 e. The van der Waals surface area contributed by atoms with Crippen molar-refractivity contribution in [3.05, 3.63) is 53.8 Å². The summed E-state index contributed by atoms with van der Waals surface area (Å²) in [6, 6.07) is 9.91. The van der Waals surface area contributed by atoms with E-state index >= 15 is 0 Å². The first kappa shape index (κ1) is 22.2. The minimum atomic E-state index is -3.86. The number of carbonyl (C=O) groups excluding carboxylic acids is 1. The molecule has 0 radical (unpaired) electrons. The minimum Gasteiger partial charge on any atom is -0.492 e. The number of nitrogens with one attached hydrogen (secondary N) is 2. The van der Waals surface area contributed by atoms with Crippen LogP contribution in [0.4, 0.5) is 10.1 Å². The summed E-state index contributed by atoms with van der Waals surface area (Å²) >= 11 is 0. The van der Waals surface area contributed by atoms with Crippen LogP contribution in [0.25, 0.3) is 0 Å². The molecule has 1 fully saturated rings. The van der Waals surface area contributed by atoms with Crippen molar-refractivity contribution < 1.29 is 22.3 Å². The largest absolute Gasteiger partial charge is 0.492 e. The van der Waals surface area contributed by atoms with E-state index in [9.17, 15) is 17.6 Å². The topological polar surface area (TPSA) is 84.5 Å². The fraction of sp³-hybridized carbons (Fsp3) is 0.409. The number of para-hydroxylation sites is 2. The number of ether oxygens (including phenoxy) is 1. The van der Waals surface area contributed by atoms with Crippen LogP contribution in [0.1, 0.15) is 55.8 Å². The first-order valence-corrected chi connectivity index (χ1v) is 11.7. The van der Waals surface area contributed by atoms with Gasteiger partial charge in [0, 0.05) is 6.04 Å². The highest BCUT2D eigenvalue weighted by molar-refractivity contribution is 7.89. The molecular formula is C22H27FN2O4S. The Bertz CT molecular complexity index is 986. The molecule has 0 aromatic heterocycles. The molecule has 0 atom stereocenters. The van der Waals surface area contributed by atoms with E-state index in [1.165, 1.54) is 6.07 Å². The van der Waals surface area contributed by atoms with Gasteiger partial charge in [-0.25, -0.2) is 17.5 Å². The molecule has 2 N–H and O–H groups in total. The van der Waals surface area contributed by atoms with Gasteiger partial charge in [-0.05, 0) is 50.1 Å². The second-order valence-corrected chi connectivity index (χ2v) is 9.05. The van der Waals surface area contributed by atoms with Gasteiger partial charge in [0.05, 0.1) is 22.8 Å². The summed E-state index contributed by atoms with van der Waals surface area (Å²) in [6.45, 7) is 2.22. The number of halogens is 1. The van der Waals surface area contributed by atoms with E-state index in [0.717, 1.165) is 50.7 Å². The molecule has 30 heavy (non-hydrogen) atoms. The van der Waals surface area contributed by atoms with Crippen LogP contribution >= 0.6 is 0 Å². The lowest BCUT2D eigenvalue weighted by Crippen LogP contribution is -2.34. The van der Waals surface area contributed by atoms with Crippen LogP contribution in [0, 0.1) is 5.82 Å². The van der Waals surface area contributed by atoms with Crippen LogP contribution in [-0.2, 0) is 10.0 Å². The van der Waals surface area contributed by atoms with E-state index in [1.807, 2.05) is 6.92 Å². The standard InChI is InChI=1S/C22H27FN2O4S/c1-2-29-21-12-8-7-11-20(21)24-22(26)18-15-17(13-14-19(18)23)30(27,28)25-16-9-5-3-4-6-10-16/h7-8,11-16,25H,2-6,9-10H2,1H3,(H,24,26). The molecule has 1 aliphatic carbocycles. The Labute approximate surface area is 176 Å². The normalized spacial score (nSPS) is 15.4. The average Bonchev–Trinajstić information content (AvgIpc) is 2.98. The molecule has 1 amide bonds. The molecule has 8 heteroatoms. The molecule has 1 aliphatic rings. The highest BCUT2D eigenvalue weighted by atomic mass is 32.2. The molecule has 0 saturated heterocycles. The predicted octanol–water partition coefficient (Wildman–Crippen LogP) is 4.48. The zero-order chi connectivity index (χ0) is 21.6. The SMILES string of the molecule is CCOc1ccccc1NC(=O)c1cc(S(=O)(=O)NC2CCCCCC2)ccc1F. The maximum atomic E-state index is 14.4. The van der Waals surface area contributed by atoms with Gasteiger partial charge in [-0.1, -0.05) is 37.8 Å². The molecule has 1 saturated carbocycles. The lowest BCUT2D eigenvalue weighted by molar-refractivity contribution is 0.102. The Kier molecular flexibility index (Phi) is 7.44. The zero-order valence-electron chi connectivity index (χ0n) is 17.0. The summed E-state index contributed by atoms with van der Waals surface area (Å²) in [5.41, 5.74) is 0.0404. The molecule has 0 bridgehead atoms. The van der Waals surface area contributed by atoms with Gasteiger partial charge in [-0.3, -0.25) is 4.79 Å². The van der Waals surface area contributed by atoms with Crippen LogP contribution in [0.2, 0.25) is 0 Å². The third kappa shape index (κ3) is 5.58. The minimum absolute atomic E-state index is 0.128. The third-order valence-electron chi connectivity index (χ3n) is 5.10. The van der Waals surface area contributed by atoms with Gasteiger partial charge < -0.3 is 10.1 Å². The monoisotopic (exact) mass is 434 g/mol. The highest BCUT2D eigenvalue weighted by Gasteiger charge is 2.24. The van der Waals surface area contributed by atoms with E-state index in [2.05, 4.69) is 10.0 Å². The second-order valence-electron chi connectivity index (χ2n) is 7.33. The van der Waals surface area contributed by atoms with Crippen LogP contribution in [0.3, 0.4) is 0 Å².